The highest BCUT2D eigenvalue weighted by Gasteiger charge is 2.18. The third-order valence-electron chi connectivity index (χ3n) is 12.4. The van der Waals surface area contributed by atoms with Crippen LogP contribution in [0.5, 0.6) is 0 Å². The minimum absolute atomic E-state index is 1.22. The summed E-state index contributed by atoms with van der Waals surface area (Å²) in [7, 11) is 0. The molecule has 12 aromatic rings. The predicted octanol–water partition coefficient (Wildman–Crippen LogP) is 16.4. The van der Waals surface area contributed by atoms with E-state index in [9.17, 15) is 0 Å². The van der Waals surface area contributed by atoms with Gasteiger partial charge in [0.25, 0.3) is 0 Å². The van der Waals surface area contributed by atoms with E-state index in [1.807, 2.05) is 0 Å². The van der Waals surface area contributed by atoms with Crippen molar-refractivity contribution in [1.82, 2.24) is 0 Å². The molecule has 0 aliphatic heterocycles. The Morgan fingerprint density at radius 3 is 0.966 bits per heavy atom. The average Bonchev–Trinajstić information content (AvgIpc) is 3.30. The fourth-order valence-corrected chi connectivity index (χ4v) is 9.72. The number of benzene rings is 12. The fraction of sp³-hybridized carbons (Fsp3) is 0. The molecule has 0 spiro atoms. The van der Waals surface area contributed by atoms with Crippen molar-refractivity contribution in [3.63, 3.8) is 0 Å². The van der Waals surface area contributed by atoms with Crippen molar-refractivity contribution in [3.8, 4) is 44.5 Å². The van der Waals surface area contributed by atoms with E-state index < -0.39 is 0 Å². The molecule has 0 heterocycles. The second-order valence-electron chi connectivity index (χ2n) is 15.6. The molecule has 0 aliphatic carbocycles. The number of hydrogen-bond donors (Lipinski definition) is 0. The van der Waals surface area contributed by atoms with E-state index in [0.29, 0.717) is 0 Å². The lowest BCUT2D eigenvalue weighted by Crippen LogP contribution is -1.90. The second kappa shape index (κ2) is 13.0. The fourth-order valence-electron chi connectivity index (χ4n) is 9.72. The molecule has 0 atom stereocenters. The summed E-state index contributed by atoms with van der Waals surface area (Å²) in [6, 6.07) is 80.8. The highest BCUT2D eigenvalue weighted by atomic mass is 14.2. The van der Waals surface area contributed by atoms with E-state index in [1.54, 1.807) is 0 Å². The summed E-state index contributed by atoms with van der Waals surface area (Å²) in [5.41, 5.74) is 9.87. The van der Waals surface area contributed by atoms with Gasteiger partial charge in [0, 0.05) is 0 Å². The van der Waals surface area contributed by atoms with Gasteiger partial charge in [0.05, 0.1) is 0 Å². The van der Waals surface area contributed by atoms with Crippen LogP contribution in [0.3, 0.4) is 0 Å². The van der Waals surface area contributed by atoms with Crippen molar-refractivity contribution >= 4 is 75.4 Å². The Balaban J connectivity index is 1.06. The zero-order valence-corrected chi connectivity index (χ0v) is 31.8. The zero-order valence-electron chi connectivity index (χ0n) is 31.8. The SMILES string of the molecule is c1cc(-c2ccc3c(c2)c2ccccc2c2c4ccc(-c5cccc(-c6cccc7ccccc67)c5)cc4c4ccccc4c32)cc(-c2cccc3ccccc23)c1. The van der Waals surface area contributed by atoms with Crippen LogP contribution in [-0.4, -0.2) is 0 Å². The third kappa shape index (κ3) is 5.09. The summed E-state index contributed by atoms with van der Waals surface area (Å²) < 4.78 is 0. The molecule has 0 aromatic heterocycles. The maximum Gasteiger partial charge on any atom is -0.00139 e. The molecule has 0 heteroatoms. The van der Waals surface area contributed by atoms with Crippen molar-refractivity contribution in [2.45, 2.75) is 0 Å². The molecule has 12 rings (SSSR count). The Hall–Kier alpha value is -7.54. The van der Waals surface area contributed by atoms with Crippen LogP contribution in [0.15, 0.2) is 218 Å². The molecule has 0 aliphatic rings. The minimum Gasteiger partial charge on any atom is -0.0616 e. The largest absolute Gasteiger partial charge is 0.0616 e. The molecule has 268 valence electrons. The first kappa shape index (κ1) is 32.7. The van der Waals surface area contributed by atoms with Crippen LogP contribution in [0.25, 0.3) is 120 Å². The van der Waals surface area contributed by atoms with Crippen molar-refractivity contribution in [2.24, 2.45) is 0 Å². The van der Waals surface area contributed by atoms with Gasteiger partial charge in [-0.3, -0.25) is 0 Å². The van der Waals surface area contributed by atoms with Gasteiger partial charge < -0.3 is 0 Å². The van der Waals surface area contributed by atoms with E-state index in [-0.39, 0.29) is 0 Å². The van der Waals surface area contributed by atoms with Gasteiger partial charge in [0.2, 0.25) is 0 Å². The van der Waals surface area contributed by atoms with E-state index in [0.717, 1.165) is 0 Å². The molecule has 0 amide bonds. The summed E-state index contributed by atoms with van der Waals surface area (Å²) in [6.07, 6.45) is 0. The van der Waals surface area contributed by atoms with Gasteiger partial charge in [-0.25, -0.2) is 0 Å². The highest BCUT2D eigenvalue weighted by Crippen LogP contribution is 2.46. The molecule has 0 nitrogen and oxygen atoms in total. The monoisotopic (exact) mass is 732 g/mol. The molecule has 0 fully saturated rings. The zero-order chi connectivity index (χ0) is 38.2. The van der Waals surface area contributed by atoms with E-state index >= 15 is 0 Å². The van der Waals surface area contributed by atoms with Gasteiger partial charge >= 0.3 is 0 Å². The second-order valence-corrected chi connectivity index (χ2v) is 15.6. The Kier molecular flexibility index (Phi) is 7.33. The maximum atomic E-state index is 2.42. The first-order valence-electron chi connectivity index (χ1n) is 20.2. The molecule has 0 N–H and O–H groups in total. The first-order valence-corrected chi connectivity index (χ1v) is 20.2. The Labute approximate surface area is 336 Å². The molecule has 0 saturated heterocycles. The number of hydrogen-bond acceptors (Lipinski definition) is 0. The summed E-state index contributed by atoms with van der Waals surface area (Å²) in [6.45, 7) is 0. The lowest BCUT2D eigenvalue weighted by Gasteiger charge is -2.18. The topological polar surface area (TPSA) is 0 Å². The Morgan fingerprint density at radius 1 is 0.172 bits per heavy atom. The molecule has 12 aromatic carbocycles. The summed E-state index contributed by atoms with van der Waals surface area (Å²) in [5, 5.41) is 18.0. The first-order chi connectivity index (χ1) is 28.8. The van der Waals surface area contributed by atoms with Crippen LogP contribution in [0, 0.1) is 0 Å². The summed E-state index contributed by atoms with van der Waals surface area (Å²) in [4.78, 5) is 0. The van der Waals surface area contributed by atoms with Crippen LogP contribution < -0.4 is 0 Å². The summed E-state index contributed by atoms with van der Waals surface area (Å²) >= 11 is 0. The van der Waals surface area contributed by atoms with Crippen LogP contribution >= 0.6 is 0 Å². The molecular formula is C58H36. The average molecular weight is 733 g/mol. The number of rotatable bonds is 4. The molecule has 58 heavy (non-hydrogen) atoms. The third-order valence-corrected chi connectivity index (χ3v) is 12.4. The van der Waals surface area contributed by atoms with Gasteiger partial charge in [-0.2, -0.15) is 0 Å². The van der Waals surface area contributed by atoms with Gasteiger partial charge in [-0.1, -0.05) is 194 Å². The maximum absolute atomic E-state index is 2.42. The molecule has 0 bridgehead atoms. The lowest BCUT2D eigenvalue weighted by molar-refractivity contribution is 1.62. The van der Waals surface area contributed by atoms with Crippen molar-refractivity contribution < 1.29 is 0 Å². The van der Waals surface area contributed by atoms with Gasteiger partial charge in [0.1, 0.15) is 0 Å². The van der Waals surface area contributed by atoms with Crippen LogP contribution in [-0.2, 0) is 0 Å². The van der Waals surface area contributed by atoms with Crippen LogP contribution in [0.4, 0.5) is 0 Å². The lowest BCUT2D eigenvalue weighted by atomic mass is 9.85. The standard InChI is InChI=1S/C58H36/c1-3-21-45-37(13-1)15-11-27-47(45)43-19-9-17-39(33-43)41-29-31-53-55(35-41)49-23-5-7-25-51(49)58-54-32-30-42(36-56(54)50-24-6-8-26-52(50)57(53)58)40-18-10-20-44(34-40)48-28-12-16-38-14-2-4-22-46(38)48/h1-36H. The normalized spacial score (nSPS) is 11.8. The van der Waals surface area contributed by atoms with Gasteiger partial charge in [0.15, 0.2) is 0 Å². The van der Waals surface area contributed by atoms with Crippen LogP contribution in [0.2, 0.25) is 0 Å². The Bertz CT molecular complexity index is 3370. The van der Waals surface area contributed by atoms with Crippen molar-refractivity contribution in [1.29, 1.82) is 0 Å². The minimum atomic E-state index is 1.22. The Morgan fingerprint density at radius 2 is 0.500 bits per heavy atom. The van der Waals surface area contributed by atoms with E-state index in [4.69, 9.17) is 0 Å². The van der Waals surface area contributed by atoms with Crippen molar-refractivity contribution in [3.05, 3.63) is 218 Å². The summed E-state index contributed by atoms with van der Waals surface area (Å²) in [5.74, 6) is 0. The molecule has 0 saturated carbocycles. The van der Waals surface area contributed by atoms with E-state index in [2.05, 4.69) is 218 Å². The number of fused-ring (bicyclic) bond motifs is 13. The quantitative estimate of drug-likeness (QED) is 0.158. The molecular weight excluding hydrogens is 697 g/mol. The molecule has 0 unspecified atom stereocenters. The predicted molar refractivity (Wildman–Crippen MR) is 251 cm³/mol. The van der Waals surface area contributed by atoms with Gasteiger partial charge in [-0.15, -0.1) is 0 Å². The van der Waals surface area contributed by atoms with Crippen LogP contribution in [0.1, 0.15) is 0 Å². The van der Waals surface area contributed by atoms with E-state index in [1.165, 1.54) is 120 Å². The highest BCUT2D eigenvalue weighted by molar-refractivity contribution is 6.39. The molecule has 0 radical (unpaired) electrons. The smallest absolute Gasteiger partial charge is 0.00139 e. The van der Waals surface area contributed by atoms with Gasteiger partial charge in [-0.05, 0) is 144 Å². The van der Waals surface area contributed by atoms with Crippen molar-refractivity contribution in [2.75, 3.05) is 0 Å².